The SMILES string of the molecule is OCc1ccc(CNCc2ccncn2)o1. The minimum absolute atomic E-state index is 0.0636. The number of nitrogens with zero attached hydrogens (tertiary/aromatic N) is 2. The number of aliphatic hydroxyl groups excluding tert-OH is 1. The van der Waals surface area contributed by atoms with Crippen LogP contribution in [0.1, 0.15) is 17.2 Å². The van der Waals surface area contributed by atoms with Gasteiger partial charge in [0.05, 0.1) is 12.2 Å². The topological polar surface area (TPSA) is 71.2 Å². The quantitative estimate of drug-likeness (QED) is 0.780. The van der Waals surface area contributed by atoms with Crippen molar-refractivity contribution < 1.29 is 9.52 Å². The van der Waals surface area contributed by atoms with Crippen LogP contribution in [-0.4, -0.2) is 15.1 Å². The number of furan rings is 1. The van der Waals surface area contributed by atoms with Crippen molar-refractivity contribution in [2.24, 2.45) is 0 Å². The molecule has 0 saturated heterocycles. The zero-order valence-electron chi connectivity index (χ0n) is 8.76. The molecule has 84 valence electrons. The van der Waals surface area contributed by atoms with Gasteiger partial charge in [-0.3, -0.25) is 0 Å². The van der Waals surface area contributed by atoms with Crippen molar-refractivity contribution in [3.05, 3.63) is 47.9 Å². The van der Waals surface area contributed by atoms with Crippen LogP contribution in [0.4, 0.5) is 0 Å². The van der Waals surface area contributed by atoms with Gasteiger partial charge in [-0.05, 0) is 18.2 Å². The fourth-order valence-electron chi connectivity index (χ4n) is 1.34. The summed E-state index contributed by atoms with van der Waals surface area (Å²) in [6.45, 7) is 1.22. The van der Waals surface area contributed by atoms with Gasteiger partial charge in [0.1, 0.15) is 24.5 Å². The molecule has 0 spiro atoms. The van der Waals surface area contributed by atoms with E-state index in [0.717, 1.165) is 11.5 Å². The van der Waals surface area contributed by atoms with Crippen LogP contribution in [0, 0.1) is 0 Å². The van der Waals surface area contributed by atoms with Crippen LogP contribution in [0.2, 0.25) is 0 Å². The smallest absolute Gasteiger partial charge is 0.129 e. The molecule has 2 aromatic heterocycles. The molecule has 2 heterocycles. The Labute approximate surface area is 93.2 Å². The van der Waals surface area contributed by atoms with Crippen LogP contribution in [-0.2, 0) is 19.7 Å². The predicted molar refractivity (Wildman–Crippen MR) is 57.2 cm³/mol. The molecule has 2 N–H and O–H groups in total. The average Bonchev–Trinajstić information content (AvgIpc) is 2.78. The lowest BCUT2D eigenvalue weighted by Crippen LogP contribution is -2.13. The first-order chi connectivity index (χ1) is 7.88. The Hall–Kier alpha value is -1.72. The van der Waals surface area contributed by atoms with Crippen LogP contribution < -0.4 is 5.32 Å². The monoisotopic (exact) mass is 219 g/mol. The van der Waals surface area contributed by atoms with Crippen molar-refractivity contribution in [2.45, 2.75) is 19.7 Å². The van der Waals surface area contributed by atoms with Crippen molar-refractivity contribution in [1.29, 1.82) is 0 Å². The minimum atomic E-state index is -0.0636. The maximum atomic E-state index is 8.82. The summed E-state index contributed by atoms with van der Waals surface area (Å²) in [5.41, 5.74) is 0.934. The van der Waals surface area contributed by atoms with E-state index in [0.29, 0.717) is 18.8 Å². The van der Waals surface area contributed by atoms with Gasteiger partial charge in [-0.1, -0.05) is 0 Å². The third-order valence-electron chi connectivity index (χ3n) is 2.12. The van der Waals surface area contributed by atoms with E-state index in [9.17, 15) is 0 Å². The number of rotatable bonds is 5. The molecule has 0 bridgehead atoms. The molecule has 0 aromatic carbocycles. The van der Waals surface area contributed by atoms with Crippen LogP contribution in [0.15, 0.2) is 35.1 Å². The van der Waals surface area contributed by atoms with Gasteiger partial charge in [-0.25, -0.2) is 9.97 Å². The molecule has 0 amide bonds. The van der Waals surface area contributed by atoms with Crippen molar-refractivity contribution in [3.8, 4) is 0 Å². The van der Waals surface area contributed by atoms with E-state index in [-0.39, 0.29) is 6.61 Å². The van der Waals surface area contributed by atoms with Crippen molar-refractivity contribution in [3.63, 3.8) is 0 Å². The van der Waals surface area contributed by atoms with Gasteiger partial charge < -0.3 is 14.8 Å². The van der Waals surface area contributed by atoms with Gasteiger partial charge in [0.2, 0.25) is 0 Å². The Balaban J connectivity index is 1.80. The first-order valence-corrected chi connectivity index (χ1v) is 5.02. The summed E-state index contributed by atoms with van der Waals surface area (Å²) in [4.78, 5) is 7.93. The lowest BCUT2D eigenvalue weighted by atomic mass is 10.4. The van der Waals surface area contributed by atoms with Gasteiger partial charge >= 0.3 is 0 Å². The van der Waals surface area contributed by atoms with E-state index in [4.69, 9.17) is 9.52 Å². The molecule has 5 heteroatoms. The number of nitrogens with one attached hydrogen (secondary N) is 1. The Morgan fingerprint density at radius 3 is 2.75 bits per heavy atom. The predicted octanol–water partition coefficient (Wildman–Crippen LogP) is 0.852. The van der Waals surface area contributed by atoms with Crippen LogP contribution in [0.25, 0.3) is 0 Å². The lowest BCUT2D eigenvalue weighted by Gasteiger charge is -2.01. The minimum Gasteiger partial charge on any atom is -0.462 e. The largest absolute Gasteiger partial charge is 0.462 e. The van der Waals surface area contributed by atoms with Gasteiger partial charge in [0.15, 0.2) is 0 Å². The highest BCUT2D eigenvalue weighted by Crippen LogP contribution is 2.07. The van der Waals surface area contributed by atoms with Crippen molar-refractivity contribution >= 4 is 0 Å². The number of aromatic nitrogens is 2. The second-order valence-electron chi connectivity index (χ2n) is 3.33. The highest BCUT2D eigenvalue weighted by Gasteiger charge is 2.00. The standard InChI is InChI=1S/C11H13N3O2/c15-7-11-2-1-10(16-11)6-13-5-9-3-4-12-8-14-9/h1-4,8,13,15H,5-7H2. The molecule has 0 atom stereocenters. The summed E-state index contributed by atoms with van der Waals surface area (Å²) in [6.07, 6.45) is 3.23. The average molecular weight is 219 g/mol. The Kier molecular flexibility index (Phi) is 3.63. The van der Waals surface area contributed by atoms with E-state index < -0.39 is 0 Å². The fourth-order valence-corrected chi connectivity index (χ4v) is 1.34. The molecular formula is C11H13N3O2. The second kappa shape index (κ2) is 5.39. The third kappa shape index (κ3) is 2.88. The number of hydrogen-bond acceptors (Lipinski definition) is 5. The highest BCUT2D eigenvalue weighted by atomic mass is 16.4. The lowest BCUT2D eigenvalue weighted by molar-refractivity contribution is 0.242. The normalized spacial score (nSPS) is 10.6. The Morgan fingerprint density at radius 1 is 1.19 bits per heavy atom. The Bertz CT molecular complexity index is 428. The van der Waals surface area contributed by atoms with Gasteiger partial charge in [0, 0.05) is 12.7 Å². The molecule has 0 aliphatic heterocycles. The molecule has 2 aromatic rings. The molecule has 5 nitrogen and oxygen atoms in total. The van der Waals surface area contributed by atoms with E-state index >= 15 is 0 Å². The van der Waals surface area contributed by atoms with Crippen LogP contribution in [0.3, 0.4) is 0 Å². The summed E-state index contributed by atoms with van der Waals surface area (Å²) in [5, 5.41) is 12.0. The molecule has 16 heavy (non-hydrogen) atoms. The van der Waals surface area contributed by atoms with E-state index in [2.05, 4.69) is 15.3 Å². The van der Waals surface area contributed by atoms with Crippen LogP contribution >= 0.6 is 0 Å². The van der Waals surface area contributed by atoms with E-state index in [1.54, 1.807) is 12.3 Å². The van der Waals surface area contributed by atoms with E-state index in [1.807, 2.05) is 12.1 Å². The molecule has 2 rings (SSSR count). The molecule has 0 fully saturated rings. The molecule has 0 unspecified atom stereocenters. The molecular weight excluding hydrogens is 206 g/mol. The second-order valence-corrected chi connectivity index (χ2v) is 3.33. The first-order valence-electron chi connectivity index (χ1n) is 5.02. The maximum Gasteiger partial charge on any atom is 0.129 e. The van der Waals surface area contributed by atoms with Crippen molar-refractivity contribution in [2.75, 3.05) is 0 Å². The summed E-state index contributed by atoms with van der Waals surface area (Å²) in [7, 11) is 0. The molecule has 0 aliphatic rings. The van der Waals surface area contributed by atoms with Gasteiger partial charge in [-0.15, -0.1) is 0 Å². The molecule has 0 saturated carbocycles. The number of aliphatic hydroxyl groups is 1. The van der Waals surface area contributed by atoms with Crippen molar-refractivity contribution in [1.82, 2.24) is 15.3 Å². The third-order valence-corrected chi connectivity index (χ3v) is 2.12. The highest BCUT2D eigenvalue weighted by molar-refractivity contribution is 5.06. The summed E-state index contributed by atoms with van der Waals surface area (Å²) in [6, 6.07) is 5.47. The molecule has 0 radical (unpaired) electrons. The number of hydrogen-bond donors (Lipinski definition) is 2. The fraction of sp³-hybridized carbons (Fsp3) is 0.273. The zero-order chi connectivity index (χ0) is 11.2. The maximum absolute atomic E-state index is 8.82. The summed E-state index contributed by atoms with van der Waals surface area (Å²) < 4.78 is 5.33. The Morgan fingerprint density at radius 2 is 2.06 bits per heavy atom. The first kappa shape index (κ1) is 10.8. The summed E-state index contributed by atoms with van der Waals surface area (Å²) in [5.74, 6) is 1.39. The zero-order valence-corrected chi connectivity index (χ0v) is 8.76. The van der Waals surface area contributed by atoms with Gasteiger partial charge in [-0.2, -0.15) is 0 Å². The summed E-state index contributed by atoms with van der Waals surface area (Å²) >= 11 is 0. The van der Waals surface area contributed by atoms with Gasteiger partial charge in [0.25, 0.3) is 0 Å². The van der Waals surface area contributed by atoms with E-state index in [1.165, 1.54) is 6.33 Å². The molecule has 0 aliphatic carbocycles. The van der Waals surface area contributed by atoms with Crippen LogP contribution in [0.5, 0.6) is 0 Å².